The van der Waals surface area contributed by atoms with Crippen LogP contribution in [0.2, 0.25) is 0 Å². The monoisotopic (exact) mass is 398 g/mol. The number of hydrogen-bond acceptors (Lipinski definition) is 4. The molecule has 1 unspecified atom stereocenters. The highest BCUT2D eigenvalue weighted by atomic mass is 32.1. The first-order chi connectivity index (χ1) is 13.3. The van der Waals surface area contributed by atoms with E-state index in [0.717, 1.165) is 34.1 Å². The van der Waals surface area contributed by atoms with E-state index in [-0.39, 0.29) is 17.6 Å². The molecule has 2 aromatic heterocycles. The van der Waals surface area contributed by atoms with Gasteiger partial charge in [0.25, 0.3) is 0 Å². The zero-order valence-electron chi connectivity index (χ0n) is 16.2. The highest BCUT2D eigenvalue weighted by molar-refractivity contribution is 7.12. The van der Waals surface area contributed by atoms with Crippen LogP contribution in [0.4, 0.5) is 4.39 Å². The number of thiazole rings is 1. The molecule has 1 aliphatic rings. The number of imidazole rings is 1. The summed E-state index contributed by atoms with van der Waals surface area (Å²) in [6.45, 7) is 5.82. The van der Waals surface area contributed by atoms with Crippen LogP contribution in [0.25, 0.3) is 11.3 Å². The molecule has 5 nitrogen and oxygen atoms in total. The van der Waals surface area contributed by atoms with Crippen LogP contribution in [0.3, 0.4) is 0 Å². The molecule has 1 atom stereocenters. The molecule has 1 aliphatic carbocycles. The number of aromatic amines is 1. The van der Waals surface area contributed by atoms with Crippen molar-refractivity contribution in [2.45, 2.75) is 45.6 Å². The Morgan fingerprint density at radius 3 is 2.93 bits per heavy atom. The maximum absolute atomic E-state index is 14.2. The van der Waals surface area contributed by atoms with Crippen molar-refractivity contribution in [3.05, 3.63) is 57.7 Å². The van der Waals surface area contributed by atoms with Gasteiger partial charge in [0.1, 0.15) is 10.8 Å². The van der Waals surface area contributed by atoms with Gasteiger partial charge in [0.15, 0.2) is 0 Å². The maximum atomic E-state index is 14.2. The molecule has 146 valence electrons. The van der Waals surface area contributed by atoms with Crippen molar-refractivity contribution < 1.29 is 9.18 Å². The van der Waals surface area contributed by atoms with Crippen molar-refractivity contribution in [2.75, 3.05) is 0 Å². The summed E-state index contributed by atoms with van der Waals surface area (Å²) >= 11 is 1.49. The van der Waals surface area contributed by atoms with Crippen molar-refractivity contribution >= 4 is 17.2 Å². The van der Waals surface area contributed by atoms with E-state index in [1.165, 1.54) is 17.4 Å². The van der Waals surface area contributed by atoms with Crippen LogP contribution in [-0.2, 0) is 23.2 Å². The van der Waals surface area contributed by atoms with Crippen molar-refractivity contribution in [1.29, 1.82) is 0 Å². The van der Waals surface area contributed by atoms with Crippen molar-refractivity contribution in [3.63, 3.8) is 0 Å². The summed E-state index contributed by atoms with van der Waals surface area (Å²) in [4.78, 5) is 26.0. The van der Waals surface area contributed by atoms with E-state index in [1.807, 2.05) is 20.8 Å². The second-order valence-corrected chi connectivity index (χ2v) is 8.99. The molecule has 28 heavy (non-hydrogen) atoms. The molecule has 0 aliphatic heterocycles. The Labute approximate surface area is 167 Å². The fraction of sp³-hybridized carbons (Fsp3) is 0.381. The van der Waals surface area contributed by atoms with Gasteiger partial charge in [-0.05, 0) is 45.7 Å². The van der Waals surface area contributed by atoms with E-state index >= 15 is 0 Å². The number of amides is 1. The third kappa shape index (κ3) is 3.46. The number of H-pyrrole nitrogens is 1. The minimum absolute atomic E-state index is 0.0190. The maximum Gasteiger partial charge on any atom is 0.224 e. The summed E-state index contributed by atoms with van der Waals surface area (Å²) < 4.78 is 14.2. The van der Waals surface area contributed by atoms with Crippen LogP contribution < -0.4 is 5.32 Å². The number of halogens is 1. The lowest BCUT2D eigenvalue weighted by molar-refractivity contribution is -0.127. The zero-order chi connectivity index (χ0) is 19.9. The number of carbonyl (C=O) groups is 1. The fourth-order valence-corrected chi connectivity index (χ4v) is 4.64. The number of hydrogen-bond donors (Lipinski definition) is 2. The predicted octanol–water partition coefficient (Wildman–Crippen LogP) is 4.14. The Morgan fingerprint density at radius 2 is 2.14 bits per heavy atom. The number of rotatable bonds is 4. The second kappa shape index (κ2) is 7.13. The summed E-state index contributed by atoms with van der Waals surface area (Å²) in [5, 5.41) is 3.93. The fourth-order valence-electron chi connectivity index (χ4n) is 3.66. The molecule has 0 saturated carbocycles. The quantitative estimate of drug-likeness (QED) is 0.694. The standard InChI is InChI=1S/C21H23FN4OS/c1-12-18(14-6-4-5-7-15(14)22)25-20(28-12)21(2,3)26-19(27)13-8-9-16-17(10-13)24-11-23-16/h4-7,11,13H,8-10H2,1-3H3,(H,23,24)(H,26,27). The van der Waals surface area contributed by atoms with E-state index in [1.54, 1.807) is 24.5 Å². The van der Waals surface area contributed by atoms with Gasteiger partial charge >= 0.3 is 0 Å². The number of aromatic nitrogens is 3. The van der Waals surface area contributed by atoms with Crippen LogP contribution in [-0.4, -0.2) is 20.9 Å². The second-order valence-electron chi connectivity index (χ2n) is 7.79. The molecule has 2 N–H and O–H groups in total. The molecule has 0 spiro atoms. The van der Waals surface area contributed by atoms with Crippen molar-refractivity contribution in [2.24, 2.45) is 5.92 Å². The highest BCUT2D eigenvalue weighted by Gasteiger charge is 2.33. The topological polar surface area (TPSA) is 70.7 Å². The molecule has 0 radical (unpaired) electrons. The van der Waals surface area contributed by atoms with E-state index in [0.29, 0.717) is 17.7 Å². The van der Waals surface area contributed by atoms with Gasteiger partial charge in [-0.15, -0.1) is 11.3 Å². The van der Waals surface area contributed by atoms with Crippen LogP contribution in [0, 0.1) is 18.7 Å². The SMILES string of the molecule is Cc1sc(C(C)(C)NC(=O)C2CCc3nc[nH]c3C2)nc1-c1ccccc1F. The summed E-state index contributed by atoms with van der Waals surface area (Å²) in [5.74, 6) is -0.355. The first-order valence-corrected chi connectivity index (χ1v) is 10.2. The molecule has 1 aromatic carbocycles. The minimum Gasteiger partial charge on any atom is -0.348 e. The normalized spacial score (nSPS) is 16.6. The lowest BCUT2D eigenvalue weighted by Crippen LogP contribution is -2.45. The number of fused-ring (bicyclic) bond motifs is 1. The zero-order valence-corrected chi connectivity index (χ0v) is 17.0. The predicted molar refractivity (Wildman–Crippen MR) is 108 cm³/mol. The van der Waals surface area contributed by atoms with Gasteiger partial charge in [0.05, 0.1) is 23.3 Å². The highest BCUT2D eigenvalue weighted by Crippen LogP contribution is 2.34. The third-order valence-corrected chi connectivity index (χ3v) is 6.55. The molecular formula is C21H23FN4OS. The summed E-state index contributed by atoms with van der Waals surface area (Å²) in [5.41, 5.74) is 2.61. The average molecular weight is 399 g/mol. The minimum atomic E-state index is -0.635. The van der Waals surface area contributed by atoms with Crippen LogP contribution >= 0.6 is 11.3 Å². The smallest absolute Gasteiger partial charge is 0.224 e. The number of nitrogens with one attached hydrogen (secondary N) is 2. The largest absolute Gasteiger partial charge is 0.348 e. The van der Waals surface area contributed by atoms with Gasteiger partial charge in [0.2, 0.25) is 5.91 Å². The third-order valence-electron chi connectivity index (χ3n) is 5.25. The Kier molecular flexibility index (Phi) is 4.79. The molecule has 0 bridgehead atoms. The van der Waals surface area contributed by atoms with Gasteiger partial charge in [-0.2, -0.15) is 0 Å². The number of nitrogens with zero attached hydrogens (tertiary/aromatic N) is 2. The van der Waals surface area contributed by atoms with Gasteiger partial charge in [0, 0.05) is 28.5 Å². The summed E-state index contributed by atoms with van der Waals surface area (Å²) in [7, 11) is 0. The lowest BCUT2D eigenvalue weighted by atomic mass is 9.88. The first kappa shape index (κ1) is 18.8. The van der Waals surface area contributed by atoms with Crippen LogP contribution in [0.5, 0.6) is 0 Å². The van der Waals surface area contributed by atoms with E-state index in [2.05, 4.69) is 20.3 Å². The van der Waals surface area contributed by atoms with Gasteiger partial charge in [-0.3, -0.25) is 4.79 Å². The number of carbonyl (C=O) groups excluding carboxylic acids is 1. The van der Waals surface area contributed by atoms with E-state index < -0.39 is 5.54 Å². The Bertz CT molecular complexity index is 1020. The van der Waals surface area contributed by atoms with E-state index in [4.69, 9.17) is 0 Å². The summed E-state index contributed by atoms with van der Waals surface area (Å²) in [6, 6.07) is 6.64. The van der Waals surface area contributed by atoms with Crippen molar-refractivity contribution in [1.82, 2.24) is 20.3 Å². The molecule has 3 aromatic rings. The molecule has 2 heterocycles. The van der Waals surface area contributed by atoms with Crippen LogP contribution in [0.15, 0.2) is 30.6 Å². The Balaban J connectivity index is 1.53. The molecule has 1 amide bonds. The molecular weight excluding hydrogens is 375 g/mol. The first-order valence-electron chi connectivity index (χ1n) is 9.41. The number of benzene rings is 1. The van der Waals surface area contributed by atoms with Crippen molar-refractivity contribution in [3.8, 4) is 11.3 Å². The van der Waals surface area contributed by atoms with Crippen LogP contribution in [0.1, 0.15) is 41.5 Å². The molecule has 4 rings (SSSR count). The molecule has 7 heteroatoms. The van der Waals surface area contributed by atoms with Gasteiger partial charge in [-0.1, -0.05) is 12.1 Å². The van der Waals surface area contributed by atoms with Gasteiger partial charge in [-0.25, -0.2) is 14.4 Å². The number of aryl methyl sites for hydroxylation is 2. The average Bonchev–Trinajstić information content (AvgIpc) is 3.28. The van der Waals surface area contributed by atoms with Gasteiger partial charge < -0.3 is 10.3 Å². The lowest BCUT2D eigenvalue weighted by Gasteiger charge is -2.28. The Morgan fingerprint density at radius 1 is 1.36 bits per heavy atom. The molecule has 0 fully saturated rings. The Hall–Kier alpha value is -2.54. The summed E-state index contributed by atoms with van der Waals surface area (Å²) in [6.07, 6.45) is 3.97. The van der Waals surface area contributed by atoms with E-state index in [9.17, 15) is 9.18 Å². The molecule has 0 saturated heterocycles.